The highest BCUT2D eigenvalue weighted by atomic mass is 32.2. The Morgan fingerprint density at radius 3 is 2.73 bits per heavy atom. The van der Waals surface area contributed by atoms with E-state index in [-0.39, 0.29) is 10.8 Å². The summed E-state index contributed by atoms with van der Waals surface area (Å²) in [6, 6.07) is 8.76. The number of fused-ring (bicyclic) bond motifs is 1. The van der Waals surface area contributed by atoms with Crippen LogP contribution >= 0.6 is 0 Å². The SMILES string of the molecule is O=S(=O)(Nc1ncc(CN2CCC3NNCC3C2)cn1)c1ccccc1. The van der Waals surface area contributed by atoms with Crippen LogP contribution in [0.5, 0.6) is 0 Å². The first kappa shape index (κ1) is 17.3. The van der Waals surface area contributed by atoms with Crippen molar-refractivity contribution < 1.29 is 8.42 Å². The van der Waals surface area contributed by atoms with Crippen LogP contribution in [0.1, 0.15) is 12.0 Å². The van der Waals surface area contributed by atoms with E-state index in [0.29, 0.717) is 12.0 Å². The molecule has 0 amide bonds. The molecule has 2 unspecified atom stereocenters. The molecule has 2 aliphatic heterocycles. The van der Waals surface area contributed by atoms with E-state index < -0.39 is 10.0 Å². The van der Waals surface area contributed by atoms with E-state index in [1.54, 1.807) is 30.6 Å². The van der Waals surface area contributed by atoms with Crippen molar-refractivity contribution in [3.63, 3.8) is 0 Å². The molecule has 3 heterocycles. The molecule has 1 aromatic heterocycles. The van der Waals surface area contributed by atoms with Gasteiger partial charge < -0.3 is 0 Å². The summed E-state index contributed by atoms with van der Waals surface area (Å²) in [6.45, 7) is 3.83. The smallest absolute Gasteiger partial charge is 0.264 e. The van der Waals surface area contributed by atoms with Crippen molar-refractivity contribution in [3.05, 3.63) is 48.3 Å². The molecule has 4 rings (SSSR count). The van der Waals surface area contributed by atoms with Crippen molar-refractivity contribution in [1.82, 2.24) is 25.7 Å². The number of rotatable bonds is 5. The molecule has 0 radical (unpaired) electrons. The van der Waals surface area contributed by atoms with Crippen molar-refractivity contribution in [1.29, 1.82) is 0 Å². The highest BCUT2D eigenvalue weighted by Crippen LogP contribution is 2.21. The maximum Gasteiger partial charge on any atom is 0.264 e. The summed E-state index contributed by atoms with van der Waals surface area (Å²) in [4.78, 5) is 10.9. The third kappa shape index (κ3) is 3.85. The number of nitrogens with zero attached hydrogens (tertiary/aromatic N) is 3. The Hall–Kier alpha value is -2.07. The maximum atomic E-state index is 12.3. The van der Waals surface area contributed by atoms with Gasteiger partial charge in [0.15, 0.2) is 0 Å². The van der Waals surface area contributed by atoms with Crippen molar-refractivity contribution in [3.8, 4) is 0 Å². The minimum atomic E-state index is -3.66. The first-order valence-corrected chi connectivity index (χ1v) is 10.2. The Morgan fingerprint density at radius 1 is 1.19 bits per heavy atom. The number of hydrogen-bond acceptors (Lipinski definition) is 7. The van der Waals surface area contributed by atoms with Gasteiger partial charge in [0.25, 0.3) is 10.0 Å². The summed E-state index contributed by atoms with van der Waals surface area (Å²) in [5.74, 6) is 0.710. The van der Waals surface area contributed by atoms with E-state index >= 15 is 0 Å². The number of aromatic nitrogens is 2. The fourth-order valence-electron chi connectivity index (χ4n) is 3.50. The Labute approximate surface area is 153 Å². The molecule has 0 saturated carbocycles. The number of likely N-dealkylation sites (tertiary alicyclic amines) is 1. The minimum Gasteiger partial charge on any atom is -0.299 e. The molecule has 2 atom stereocenters. The van der Waals surface area contributed by atoms with Crippen LogP contribution in [0.3, 0.4) is 0 Å². The molecule has 0 bridgehead atoms. The molecule has 2 aliphatic rings. The molecule has 2 fully saturated rings. The van der Waals surface area contributed by atoms with Gasteiger partial charge in [-0.05, 0) is 18.6 Å². The largest absolute Gasteiger partial charge is 0.299 e. The molecule has 9 heteroatoms. The summed E-state index contributed by atoms with van der Waals surface area (Å²) in [6.07, 6.45) is 4.49. The fourth-order valence-corrected chi connectivity index (χ4v) is 4.47. The Bertz CT molecular complexity index is 843. The molecule has 0 aliphatic carbocycles. The van der Waals surface area contributed by atoms with E-state index in [2.05, 4.69) is 30.4 Å². The van der Waals surface area contributed by atoms with Gasteiger partial charge in [-0.3, -0.25) is 15.8 Å². The second-order valence-corrected chi connectivity index (χ2v) is 8.43. The zero-order valence-corrected chi connectivity index (χ0v) is 15.1. The number of anilines is 1. The van der Waals surface area contributed by atoms with Crippen LogP contribution in [0, 0.1) is 5.92 Å². The zero-order chi connectivity index (χ0) is 18.0. The van der Waals surface area contributed by atoms with Gasteiger partial charge in [0.1, 0.15) is 0 Å². The van der Waals surface area contributed by atoms with Crippen molar-refractivity contribution in [2.24, 2.45) is 5.92 Å². The predicted octanol–water partition coefficient (Wildman–Crippen LogP) is 0.576. The Balaban J connectivity index is 1.38. The average molecular weight is 374 g/mol. The molecule has 0 spiro atoms. The second kappa shape index (κ2) is 7.28. The molecule has 26 heavy (non-hydrogen) atoms. The minimum absolute atomic E-state index is 0.0838. The van der Waals surface area contributed by atoms with Crippen LogP contribution < -0.4 is 15.6 Å². The quantitative estimate of drug-likeness (QED) is 0.704. The van der Waals surface area contributed by atoms with Crippen LogP contribution in [-0.4, -0.2) is 49.0 Å². The number of sulfonamides is 1. The maximum absolute atomic E-state index is 12.3. The van der Waals surface area contributed by atoms with Crippen molar-refractivity contribution >= 4 is 16.0 Å². The van der Waals surface area contributed by atoms with Crippen LogP contribution in [0.25, 0.3) is 0 Å². The lowest BCUT2D eigenvalue weighted by molar-refractivity contribution is 0.160. The van der Waals surface area contributed by atoms with Crippen LogP contribution in [0.2, 0.25) is 0 Å². The van der Waals surface area contributed by atoms with Crippen LogP contribution in [-0.2, 0) is 16.6 Å². The van der Waals surface area contributed by atoms with Gasteiger partial charge in [-0.1, -0.05) is 18.2 Å². The van der Waals surface area contributed by atoms with Crippen molar-refractivity contribution in [2.75, 3.05) is 24.4 Å². The molecule has 2 saturated heterocycles. The van der Waals surface area contributed by atoms with E-state index in [1.165, 1.54) is 12.1 Å². The third-order valence-electron chi connectivity index (χ3n) is 4.86. The molecular formula is C17H22N6O2S. The molecule has 138 valence electrons. The number of piperidine rings is 1. The highest BCUT2D eigenvalue weighted by Gasteiger charge is 2.32. The third-order valence-corrected chi connectivity index (χ3v) is 6.20. The van der Waals surface area contributed by atoms with Gasteiger partial charge in [0, 0.05) is 56.1 Å². The molecule has 8 nitrogen and oxygen atoms in total. The highest BCUT2D eigenvalue weighted by molar-refractivity contribution is 7.92. The number of benzene rings is 1. The topological polar surface area (TPSA) is 99.2 Å². The lowest BCUT2D eigenvalue weighted by atomic mass is 9.94. The normalized spacial score (nSPS) is 23.5. The zero-order valence-electron chi connectivity index (χ0n) is 14.3. The molecule has 1 aromatic carbocycles. The van der Waals surface area contributed by atoms with Gasteiger partial charge in [-0.25, -0.2) is 23.1 Å². The van der Waals surface area contributed by atoms with E-state index in [9.17, 15) is 8.42 Å². The van der Waals surface area contributed by atoms with Crippen LogP contribution in [0.15, 0.2) is 47.6 Å². The molecular weight excluding hydrogens is 352 g/mol. The number of hydrazine groups is 1. The number of nitrogens with one attached hydrogen (secondary N) is 3. The summed E-state index contributed by atoms with van der Waals surface area (Å²) < 4.78 is 27.0. The van der Waals surface area contributed by atoms with E-state index in [1.807, 2.05) is 0 Å². The van der Waals surface area contributed by atoms with Gasteiger partial charge in [-0.15, -0.1) is 0 Å². The summed E-state index contributed by atoms with van der Waals surface area (Å²) in [5.41, 5.74) is 7.52. The average Bonchev–Trinajstić information content (AvgIpc) is 3.12. The first-order chi connectivity index (χ1) is 12.6. The lowest BCUT2D eigenvalue weighted by Crippen LogP contribution is -2.44. The lowest BCUT2D eigenvalue weighted by Gasteiger charge is -2.33. The van der Waals surface area contributed by atoms with Crippen molar-refractivity contribution in [2.45, 2.75) is 23.9 Å². The monoisotopic (exact) mass is 374 g/mol. The van der Waals surface area contributed by atoms with Gasteiger partial charge in [-0.2, -0.15) is 0 Å². The number of hydrogen-bond donors (Lipinski definition) is 3. The molecule has 2 aromatic rings. The van der Waals surface area contributed by atoms with Gasteiger partial charge in [0.05, 0.1) is 4.90 Å². The summed E-state index contributed by atoms with van der Waals surface area (Å²) in [5, 5.41) is 0. The first-order valence-electron chi connectivity index (χ1n) is 8.70. The molecule has 3 N–H and O–H groups in total. The predicted molar refractivity (Wildman–Crippen MR) is 97.6 cm³/mol. The second-order valence-electron chi connectivity index (χ2n) is 6.75. The standard InChI is InChI=1S/C17H22N6O2S/c24-26(25,15-4-2-1-3-5-15)22-17-18-8-13(9-19-17)11-23-7-6-16-14(12-23)10-20-21-16/h1-5,8-9,14,16,20-21H,6-7,10-12H2,(H,18,19,22). The summed E-state index contributed by atoms with van der Waals surface area (Å²) in [7, 11) is -3.66. The van der Waals surface area contributed by atoms with Gasteiger partial charge in [0.2, 0.25) is 5.95 Å². The van der Waals surface area contributed by atoms with Gasteiger partial charge >= 0.3 is 0 Å². The van der Waals surface area contributed by atoms with E-state index in [0.717, 1.165) is 38.2 Å². The fraction of sp³-hybridized carbons (Fsp3) is 0.412. The van der Waals surface area contributed by atoms with Crippen LogP contribution in [0.4, 0.5) is 5.95 Å². The Morgan fingerprint density at radius 2 is 1.96 bits per heavy atom. The summed E-state index contributed by atoms with van der Waals surface area (Å²) >= 11 is 0. The Kier molecular flexibility index (Phi) is 4.86. The van der Waals surface area contributed by atoms with E-state index in [4.69, 9.17) is 0 Å².